The topological polar surface area (TPSA) is 119 Å². The summed E-state index contributed by atoms with van der Waals surface area (Å²) in [5, 5.41) is 8.63. The Balaban J connectivity index is 1.93. The summed E-state index contributed by atoms with van der Waals surface area (Å²) in [6.45, 7) is 0. The van der Waals surface area contributed by atoms with Crippen molar-refractivity contribution in [2.24, 2.45) is 5.92 Å². The van der Waals surface area contributed by atoms with Crippen LogP contribution in [0.1, 0.15) is 12.5 Å². The number of nitrogens with zero attached hydrogens (tertiary/aromatic N) is 4. The van der Waals surface area contributed by atoms with Crippen LogP contribution in [-0.4, -0.2) is 30.6 Å². The molecular weight excluding hydrogens is 248 g/mol. The zero-order valence-corrected chi connectivity index (χ0v) is 9.89. The van der Waals surface area contributed by atoms with Gasteiger partial charge in [0.25, 0.3) is 0 Å². The van der Waals surface area contributed by atoms with Gasteiger partial charge in [0.05, 0.1) is 18.3 Å². The Morgan fingerprint density at radius 2 is 2.26 bits per heavy atom. The second kappa shape index (κ2) is 4.32. The first kappa shape index (κ1) is 11.6. The molecule has 2 heterocycles. The molecule has 0 fully saturated rings. The number of nitrogens with two attached hydrogens (primary N) is 1. The van der Waals surface area contributed by atoms with Crippen LogP contribution in [0.5, 0.6) is 0 Å². The maximum atomic E-state index is 11.4. The predicted molar refractivity (Wildman–Crippen MR) is 65.9 cm³/mol. The summed E-state index contributed by atoms with van der Waals surface area (Å²) in [6.07, 6.45) is 7.20. The summed E-state index contributed by atoms with van der Waals surface area (Å²) in [6, 6.07) is -0.0402. The molecular formula is C11H12N6O2. The van der Waals surface area contributed by atoms with E-state index in [1.165, 1.54) is 6.33 Å². The number of imidazole rings is 1. The van der Waals surface area contributed by atoms with Gasteiger partial charge in [0, 0.05) is 0 Å². The first-order valence-electron chi connectivity index (χ1n) is 5.76. The van der Waals surface area contributed by atoms with Gasteiger partial charge in [-0.15, -0.1) is 0 Å². The molecule has 8 nitrogen and oxygen atoms in total. The third-order valence-electron chi connectivity index (χ3n) is 3.25. The van der Waals surface area contributed by atoms with Crippen LogP contribution in [0.3, 0.4) is 0 Å². The zero-order chi connectivity index (χ0) is 13.4. The van der Waals surface area contributed by atoms with Gasteiger partial charge in [0.1, 0.15) is 11.8 Å². The average Bonchev–Trinajstić information content (AvgIpc) is 3.04. The Bertz CT molecular complexity index is 664. The van der Waals surface area contributed by atoms with Gasteiger partial charge in [-0.2, -0.15) is 0 Å². The Morgan fingerprint density at radius 3 is 3.05 bits per heavy atom. The smallest absolute Gasteiger partial charge is 0.250 e. The van der Waals surface area contributed by atoms with E-state index in [1.807, 2.05) is 10.6 Å². The van der Waals surface area contributed by atoms with Crippen LogP contribution in [0.2, 0.25) is 0 Å². The van der Waals surface area contributed by atoms with E-state index in [4.69, 9.17) is 10.9 Å². The molecule has 2 aromatic heterocycles. The van der Waals surface area contributed by atoms with Crippen molar-refractivity contribution in [3.8, 4) is 0 Å². The summed E-state index contributed by atoms with van der Waals surface area (Å²) in [5.74, 6) is -0.445. The first-order valence-corrected chi connectivity index (χ1v) is 5.76. The highest BCUT2D eigenvalue weighted by Gasteiger charge is 2.27. The van der Waals surface area contributed by atoms with Gasteiger partial charge in [0.15, 0.2) is 11.5 Å². The standard InChI is InChI=1S/C11H12N6O2/c12-9-8-10(14-4-13-9)17(5-15-8)7-2-1-6(3-7)11(18)16-19/h1-2,4-7,19H,3H2,(H,16,18)(H2,12,13,14)/t6-,7-/m0/s1. The molecule has 2 aromatic rings. The molecule has 0 saturated carbocycles. The van der Waals surface area contributed by atoms with Crippen LogP contribution in [0.15, 0.2) is 24.8 Å². The van der Waals surface area contributed by atoms with E-state index in [0.717, 1.165) is 0 Å². The Morgan fingerprint density at radius 1 is 1.42 bits per heavy atom. The quantitative estimate of drug-likeness (QED) is 0.398. The van der Waals surface area contributed by atoms with Crippen molar-refractivity contribution < 1.29 is 10.0 Å². The number of fused-ring (bicyclic) bond motifs is 1. The Labute approximate surface area is 107 Å². The highest BCUT2D eigenvalue weighted by atomic mass is 16.5. The van der Waals surface area contributed by atoms with Crippen molar-refractivity contribution in [1.82, 2.24) is 25.0 Å². The summed E-state index contributed by atoms with van der Waals surface area (Å²) < 4.78 is 1.84. The molecule has 1 aliphatic rings. The number of hydrogen-bond donors (Lipinski definition) is 3. The number of nitrogen functional groups attached to an aromatic ring is 1. The van der Waals surface area contributed by atoms with Crippen LogP contribution in [0, 0.1) is 5.92 Å². The molecule has 0 aliphatic heterocycles. The minimum absolute atomic E-state index is 0.0402. The van der Waals surface area contributed by atoms with E-state index in [2.05, 4.69) is 15.0 Å². The number of anilines is 1. The molecule has 1 aliphatic carbocycles. The molecule has 2 atom stereocenters. The van der Waals surface area contributed by atoms with E-state index in [0.29, 0.717) is 23.4 Å². The lowest BCUT2D eigenvalue weighted by Crippen LogP contribution is -2.26. The van der Waals surface area contributed by atoms with Gasteiger partial charge in [-0.3, -0.25) is 10.0 Å². The van der Waals surface area contributed by atoms with Crippen molar-refractivity contribution in [3.05, 3.63) is 24.8 Å². The molecule has 4 N–H and O–H groups in total. The van der Waals surface area contributed by atoms with E-state index in [1.54, 1.807) is 17.9 Å². The minimum Gasteiger partial charge on any atom is -0.382 e. The first-order chi connectivity index (χ1) is 9.20. The Hall–Kier alpha value is -2.48. The largest absolute Gasteiger partial charge is 0.382 e. The summed E-state index contributed by atoms with van der Waals surface area (Å²) in [5.41, 5.74) is 8.56. The fourth-order valence-electron chi connectivity index (χ4n) is 2.28. The van der Waals surface area contributed by atoms with Gasteiger partial charge in [-0.25, -0.2) is 20.4 Å². The van der Waals surface area contributed by atoms with Gasteiger partial charge in [-0.1, -0.05) is 12.2 Å². The van der Waals surface area contributed by atoms with Gasteiger partial charge in [-0.05, 0) is 6.42 Å². The van der Waals surface area contributed by atoms with Crippen LogP contribution in [-0.2, 0) is 4.79 Å². The van der Waals surface area contributed by atoms with Gasteiger partial charge in [0.2, 0.25) is 5.91 Å². The summed E-state index contributed by atoms with van der Waals surface area (Å²) in [7, 11) is 0. The molecule has 98 valence electrons. The van der Waals surface area contributed by atoms with Crippen LogP contribution >= 0.6 is 0 Å². The number of amides is 1. The monoisotopic (exact) mass is 260 g/mol. The summed E-state index contributed by atoms with van der Waals surface area (Å²) in [4.78, 5) is 23.6. The second-order valence-corrected chi connectivity index (χ2v) is 4.35. The van der Waals surface area contributed by atoms with Crippen LogP contribution < -0.4 is 11.2 Å². The van der Waals surface area contributed by atoms with Crippen molar-refractivity contribution in [1.29, 1.82) is 0 Å². The molecule has 0 aromatic carbocycles. The summed E-state index contributed by atoms with van der Waals surface area (Å²) >= 11 is 0. The molecule has 3 rings (SSSR count). The van der Waals surface area contributed by atoms with Crippen LogP contribution in [0.4, 0.5) is 5.82 Å². The fraction of sp³-hybridized carbons (Fsp3) is 0.273. The predicted octanol–water partition coefficient (Wildman–Crippen LogP) is 0.0311. The SMILES string of the molecule is Nc1ncnc2c1ncn2[C@H]1C=C[C@H](C(=O)NO)C1. The lowest BCUT2D eigenvalue weighted by molar-refractivity contribution is -0.132. The Kier molecular flexibility index (Phi) is 2.64. The number of hydrogen-bond acceptors (Lipinski definition) is 6. The molecule has 8 heteroatoms. The van der Waals surface area contributed by atoms with Crippen molar-refractivity contribution in [2.75, 3.05) is 5.73 Å². The molecule has 0 spiro atoms. The number of carbonyl (C=O) groups excluding carboxylic acids is 1. The van der Waals surface area contributed by atoms with Gasteiger partial charge >= 0.3 is 0 Å². The number of carbonyl (C=O) groups is 1. The third kappa shape index (κ3) is 1.82. The van der Waals surface area contributed by atoms with Gasteiger partial charge < -0.3 is 10.3 Å². The highest BCUT2D eigenvalue weighted by molar-refractivity contribution is 5.82. The number of allylic oxidation sites excluding steroid dienone is 1. The van der Waals surface area contributed by atoms with E-state index < -0.39 is 5.91 Å². The molecule has 0 radical (unpaired) electrons. The van der Waals surface area contributed by atoms with Crippen molar-refractivity contribution in [3.63, 3.8) is 0 Å². The number of aromatic nitrogens is 4. The lowest BCUT2D eigenvalue weighted by Gasteiger charge is -2.12. The average molecular weight is 260 g/mol. The van der Waals surface area contributed by atoms with Crippen molar-refractivity contribution in [2.45, 2.75) is 12.5 Å². The number of nitrogens with one attached hydrogen (secondary N) is 1. The third-order valence-corrected chi connectivity index (χ3v) is 3.25. The van der Waals surface area contributed by atoms with E-state index in [9.17, 15) is 4.79 Å². The zero-order valence-electron chi connectivity index (χ0n) is 9.89. The maximum absolute atomic E-state index is 11.4. The lowest BCUT2D eigenvalue weighted by atomic mass is 10.1. The van der Waals surface area contributed by atoms with E-state index >= 15 is 0 Å². The molecule has 0 bridgehead atoms. The number of rotatable bonds is 2. The van der Waals surface area contributed by atoms with Crippen molar-refractivity contribution >= 4 is 22.9 Å². The van der Waals surface area contributed by atoms with Crippen LogP contribution in [0.25, 0.3) is 11.2 Å². The number of hydroxylamine groups is 1. The normalized spacial score (nSPS) is 21.9. The second-order valence-electron chi connectivity index (χ2n) is 4.35. The van der Waals surface area contributed by atoms with E-state index in [-0.39, 0.29) is 12.0 Å². The fourth-order valence-corrected chi connectivity index (χ4v) is 2.28. The molecule has 0 saturated heterocycles. The highest BCUT2D eigenvalue weighted by Crippen LogP contribution is 2.30. The molecule has 19 heavy (non-hydrogen) atoms. The maximum Gasteiger partial charge on any atom is 0.250 e. The molecule has 0 unspecified atom stereocenters. The molecule has 1 amide bonds. The minimum atomic E-state index is -0.419.